The molecule has 134 valence electrons. The number of thioether (sulfide) groups is 1. The molecular formula is C17H20N2O4S2. The second-order valence-electron chi connectivity index (χ2n) is 5.39. The molecule has 0 atom stereocenters. The molecule has 2 aromatic carbocycles. The van der Waals surface area contributed by atoms with Gasteiger partial charge in [0, 0.05) is 24.7 Å². The second-order valence-corrected chi connectivity index (χ2v) is 7.95. The molecule has 6 nitrogen and oxygen atoms in total. The van der Waals surface area contributed by atoms with Gasteiger partial charge in [0.05, 0.1) is 4.90 Å². The van der Waals surface area contributed by atoms with Crippen molar-refractivity contribution in [3.63, 3.8) is 0 Å². The maximum atomic E-state index is 12.4. The lowest BCUT2D eigenvalue weighted by atomic mass is 10.3. The van der Waals surface area contributed by atoms with Crippen molar-refractivity contribution in [2.75, 3.05) is 31.7 Å². The van der Waals surface area contributed by atoms with Crippen LogP contribution < -0.4 is 9.46 Å². The van der Waals surface area contributed by atoms with Gasteiger partial charge in [0.2, 0.25) is 0 Å². The van der Waals surface area contributed by atoms with Crippen molar-refractivity contribution in [2.45, 2.75) is 9.79 Å². The van der Waals surface area contributed by atoms with Gasteiger partial charge in [-0.05, 0) is 48.7 Å². The number of amides is 1. The van der Waals surface area contributed by atoms with Crippen LogP contribution in [0.2, 0.25) is 0 Å². The number of sulfonamides is 1. The van der Waals surface area contributed by atoms with Crippen LogP contribution in [0.4, 0.5) is 5.69 Å². The number of benzene rings is 2. The van der Waals surface area contributed by atoms with Crippen LogP contribution in [0.15, 0.2) is 58.3 Å². The topological polar surface area (TPSA) is 75.7 Å². The van der Waals surface area contributed by atoms with Crippen LogP contribution in [0.25, 0.3) is 0 Å². The zero-order valence-electron chi connectivity index (χ0n) is 14.2. The minimum absolute atomic E-state index is 0.0984. The Labute approximate surface area is 152 Å². The van der Waals surface area contributed by atoms with Crippen LogP contribution >= 0.6 is 11.8 Å². The summed E-state index contributed by atoms with van der Waals surface area (Å²) in [5.41, 5.74) is 0.503. The van der Waals surface area contributed by atoms with Crippen LogP contribution in [0.3, 0.4) is 0 Å². The number of carbonyl (C=O) groups is 1. The summed E-state index contributed by atoms with van der Waals surface area (Å²) in [5.74, 6) is 0.255. The molecule has 0 saturated carbocycles. The highest BCUT2D eigenvalue weighted by molar-refractivity contribution is 7.98. The first kappa shape index (κ1) is 19.1. The predicted octanol–water partition coefficient (Wildman–Crippen LogP) is 2.68. The van der Waals surface area contributed by atoms with Gasteiger partial charge in [-0.1, -0.05) is 6.07 Å². The Hall–Kier alpha value is -2.19. The molecule has 2 aromatic rings. The van der Waals surface area contributed by atoms with E-state index >= 15 is 0 Å². The molecule has 0 radical (unpaired) electrons. The molecule has 25 heavy (non-hydrogen) atoms. The van der Waals surface area contributed by atoms with Crippen molar-refractivity contribution in [3.05, 3.63) is 48.5 Å². The molecule has 0 heterocycles. The van der Waals surface area contributed by atoms with Gasteiger partial charge in [0.1, 0.15) is 5.75 Å². The number of likely N-dealkylation sites (N-methyl/N-ethyl adjacent to an activating group) is 1. The van der Waals surface area contributed by atoms with E-state index in [1.165, 1.54) is 40.9 Å². The standard InChI is InChI=1S/C17H20N2O4S2/c1-19(2)17(20)12-23-14-7-9-16(10-8-14)25(21,22)18-13-5-4-6-15(11-13)24-3/h4-11,18H,12H2,1-3H3. The summed E-state index contributed by atoms with van der Waals surface area (Å²) in [5, 5.41) is 0. The molecule has 2 rings (SSSR count). The summed E-state index contributed by atoms with van der Waals surface area (Å²) in [7, 11) is -0.414. The maximum Gasteiger partial charge on any atom is 0.261 e. The fourth-order valence-electron chi connectivity index (χ4n) is 1.89. The van der Waals surface area contributed by atoms with E-state index in [0.717, 1.165) is 4.90 Å². The van der Waals surface area contributed by atoms with Crippen molar-refractivity contribution in [2.24, 2.45) is 0 Å². The lowest BCUT2D eigenvalue weighted by molar-refractivity contribution is -0.130. The van der Waals surface area contributed by atoms with E-state index in [1.54, 1.807) is 32.3 Å². The Morgan fingerprint density at radius 1 is 1.16 bits per heavy atom. The lowest BCUT2D eigenvalue weighted by Crippen LogP contribution is -2.27. The summed E-state index contributed by atoms with van der Waals surface area (Å²) in [6.45, 7) is -0.0984. The van der Waals surface area contributed by atoms with E-state index in [1.807, 2.05) is 12.3 Å². The van der Waals surface area contributed by atoms with Gasteiger partial charge in [-0.15, -0.1) is 11.8 Å². The molecule has 1 amide bonds. The summed E-state index contributed by atoms with van der Waals surface area (Å²) < 4.78 is 32.8. The molecule has 8 heteroatoms. The highest BCUT2D eigenvalue weighted by Crippen LogP contribution is 2.23. The predicted molar refractivity (Wildman–Crippen MR) is 99.7 cm³/mol. The van der Waals surface area contributed by atoms with Gasteiger partial charge in [-0.2, -0.15) is 0 Å². The molecule has 0 bridgehead atoms. The van der Waals surface area contributed by atoms with E-state index in [4.69, 9.17) is 4.74 Å². The van der Waals surface area contributed by atoms with E-state index in [-0.39, 0.29) is 17.4 Å². The largest absolute Gasteiger partial charge is 0.484 e. The monoisotopic (exact) mass is 380 g/mol. The van der Waals surface area contributed by atoms with Gasteiger partial charge < -0.3 is 9.64 Å². The molecule has 0 fully saturated rings. The average Bonchev–Trinajstić information content (AvgIpc) is 2.59. The first-order valence-electron chi connectivity index (χ1n) is 7.42. The molecule has 0 saturated heterocycles. The van der Waals surface area contributed by atoms with Gasteiger partial charge >= 0.3 is 0 Å². The van der Waals surface area contributed by atoms with Crippen LogP contribution in [-0.2, 0) is 14.8 Å². The molecule has 0 unspecified atom stereocenters. The molecule has 0 aliphatic heterocycles. The number of rotatable bonds is 7. The number of carbonyl (C=O) groups excluding carboxylic acids is 1. The average molecular weight is 380 g/mol. The lowest BCUT2D eigenvalue weighted by Gasteiger charge is -2.12. The highest BCUT2D eigenvalue weighted by Gasteiger charge is 2.14. The van der Waals surface area contributed by atoms with E-state index in [0.29, 0.717) is 11.4 Å². The Bertz CT molecular complexity index is 834. The Kier molecular flexibility index (Phi) is 6.33. The normalized spacial score (nSPS) is 11.0. The molecule has 0 aliphatic rings. The smallest absolute Gasteiger partial charge is 0.261 e. The highest BCUT2D eigenvalue weighted by atomic mass is 32.2. The first-order chi connectivity index (χ1) is 11.8. The van der Waals surface area contributed by atoms with Crippen molar-refractivity contribution < 1.29 is 17.9 Å². The quantitative estimate of drug-likeness (QED) is 0.748. The summed E-state index contributed by atoms with van der Waals surface area (Å²) in [6, 6.07) is 13.1. The third-order valence-corrected chi connectivity index (χ3v) is 5.44. The SMILES string of the molecule is CSc1cccc(NS(=O)(=O)c2ccc(OCC(=O)N(C)C)cc2)c1. The van der Waals surface area contributed by atoms with Crippen molar-refractivity contribution in [1.29, 1.82) is 0 Å². The number of ether oxygens (including phenoxy) is 1. The van der Waals surface area contributed by atoms with Crippen LogP contribution in [-0.4, -0.2) is 46.2 Å². The zero-order chi connectivity index (χ0) is 18.4. The Morgan fingerprint density at radius 3 is 2.44 bits per heavy atom. The fraction of sp³-hybridized carbons (Fsp3) is 0.235. The Balaban J connectivity index is 2.08. The van der Waals surface area contributed by atoms with Crippen LogP contribution in [0.5, 0.6) is 5.75 Å². The number of nitrogens with zero attached hydrogens (tertiary/aromatic N) is 1. The fourth-order valence-corrected chi connectivity index (χ4v) is 3.40. The van der Waals surface area contributed by atoms with E-state index < -0.39 is 10.0 Å². The number of anilines is 1. The van der Waals surface area contributed by atoms with Crippen molar-refractivity contribution >= 4 is 33.4 Å². The van der Waals surface area contributed by atoms with Crippen LogP contribution in [0, 0.1) is 0 Å². The van der Waals surface area contributed by atoms with E-state index in [9.17, 15) is 13.2 Å². The Morgan fingerprint density at radius 2 is 1.84 bits per heavy atom. The molecule has 0 aliphatic carbocycles. The third kappa shape index (κ3) is 5.40. The maximum absolute atomic E-state index is 12.4. The van der Waals surface area contributed by atoms with Crippen molar-refractivity contribution in [1.82, 2.24) is 4.90 Å². The zero-order valence-corrected chi connectivity index (χ0v) is 15.9. The third-order valence-electron chi connectivity index (χ3n) is 3.32. The first-order valence-corrected chi connectivity index (χ1v) is 10.1. The minimum atomic E-state index is -3.69. The summed E-state index contributed by atoms with van der Waals surface area (Å²) in [6.07, 6.45) is 1.92. The van der Waals surface area contributed by atoms with Crippen LogP contribution in [0.1, 0.15) is 0 Å². The molecular weight excluding hydrogens is 360 g/mol. The van der Waals surface area contributed by atoms with Crippen molar-refractivity contribution in [3.8, 4) is 5.75 Å². The molecule has 1 N–H and O–H groups in total. The second kappa shape index (κ2) is 8.26. The summed E-state index contributed by atoms with van der Waals surface area (Å²) >= 11 is 1.53. The minimum Gasteiger partial charge on any atom is -0.484 e. The number of hydrogen-bond acceptors (Lipinski definition) is 5. The molecule has 0 spiro atoms. The van der Waals surface area contributed by atoms with E-state index in [2.05, 4.69) is 4.72 Å². The van der Waals surface area contributed by atoms with Gasteiger partial charge in [-0.3, -0.25) is 9.52 Å². The number of nitrogens with one attached hydrogen (secondary N) is 1. The summed E-state index contributed by atoms with van der Waals surface area (Å²) in [4.78, 5) is 14.0. The van der Waals surface area contributed by atoms with Gasteiger partial charge in [-0.25, -0.2) is 8.42 Å². The number of hydrogen-bond donors (Lipinski definition) is 1. The van der Waals surface area contributed by atoms with Gasteiger partial charge in [0.25, 0.3) is 15.9 Å². The molecule has 0 aromatic heterocycles. The van der Waals surface area contributed by atoms with Gasteiger partial charge in [0.15, 0.2) is 6.61 Å².